The first-order chi connectivity index (χ1) is 39.9. The Labute approximate surface area is 492 Å². The van der Waals surface area contributed by atoms with Crippen molar-refractivity contribution >= 4 is 17.8 Å². The fourth-order valence-corrected chi connectivity index (χ4v) is 11.1. The van der Waals surface area contributed by atoms with Crippen molar-refractivity contribution in [2.24, 2.45) is 0 Å². The van der Waals surface area contributed by atoms with Crippen molar-refractivity contribution in [2.75, 3.05) is 26.4 Å². The minimum Gasteiger partial charge on any atom is -0.477 e. The van der Waals surface area contributed by atoms with E-state index in [2.05, 4.69) is 36.6 Å². The zero-order valence-corrected chi connectivity index (χ0v) is 50.1. The number of aliphatic hydroxyl groups is 11. The van der Waals surface area contributed by atoms with Gasteiger partial charge < -0.3 is 100 Å². The third kappa shape index (κ3) is 26.4. The smallest absolute Gasteiger partial charge is 0.364 e. The number of amides is 2. The van der Waals surface area contributed by atoms with Gasteiger partial charge in [0.2, 0.25) is 11.8 Å². The van der Waals surface area contributed by atoms with E-state index in [9.17, 15) is 75.7 Å². The Morgan fingerprint density at radius 2 is 1.12 bits per heavy atom. The molecule has 0 aromatic carbocycles. The molecule has 486 valence electrons. The molecule has 18 atom stereocenters. The number of aliphatic carboxylic acids is 1. The number of carbonyl (C=O) groups excluding carboxylic acids is 2. The maximum absolute atomic E-state index is 13.4. The largest absolute Gasteiger partial charge is 0.477 e. The summed E-state index contributed by atoms with van der Waals surface area (Å²) in [5.41, 5.74) is 0. The summed E-state index contributed by atoms with van der Waals surface area (Å²) in [5.74, 6) is -6.11. The fourth-order valence-electron chi connectivity index (χ4n) is 11.1. The van der Waals surface area contributed by atoms with Crippen molar-refractivity contribution in [1.82, 2.24) is 10.6 Å². The second-order valence-corrected chi connectivity index (χ2v) is 23.3. The number of carbonyl (C=O) groups is 3. The van der Waals surface area contributed by atoms with E-state index >= 15 is 0 Å². The lowest BCUT2D eigenvalue weighted by molar-refractivity contribution is -0.386. The minimum atomic E-state index is -3.08. The van der Waals surface area contributed by atoms with Crippen molar-refractivity contribution in [3.63, 3.8) is 0 Å². The molecule has 0 aliphatic carbocycles. The quantitative estimate of drug-likeness (QED) is 0.0306. The fraction of sp³-hybridized carbons (Fsp3) is 0.917. The Balaban J connectivity index is 1.64. The average Bonchev–Trinajstić information content (AvgIpc) is 2.31. The molecule has 3 rings (SSSR count). The molecule has 0 radical (unpaired) electrons. The summed E-state index contributed by atoms with van der Waals surface area (Å²) >= 11 is 0. The molecule has 3 aliphatic heterocycles. The summed E-state index contributed by atoms with van der Waals surface area (Å²) in [5, 5.41) is 136. The van der Waals surface area contributed by atoms with Gasteiger partial charge >= 0.3 is 5.97 Å². The van der Waals surface area contributed by atoms with Gasteiger partial charge in [0.1, 0.15) is 67.1 Å². The molecule has 2 amide bonds. The SMILES string of the molecule is CCCCC/C=C\CCCCCCCC(=O)NC(COC1OC(CO)C(OC2OC(CO)C(O)C(OC3(C(=O)O)CC(O)C(NC(C)=O)C(C(O)C(O)CO)O3)C2O)C(O)C1O)C(O)CCCCCCCCCCCCCCCCCCC. The van der Waals surface area contributed by atoms with E-state index in [-0.39, 0.29) is 18.9 Å². The lowest BCUT2D eigenvalue weighted by Crippen LogP contribution is -2.70. The van der Waals surface area contributed by atoms with Crippen LogP contribution in [0.15, 0.2) is 12.2 Å². The van der Waals surface area contributed by atoms with Crippen LogP contribution in [0.5, 0.6) is 0 Å². The number of carboxylic acid groups (broad SMARTS) is 1. The van der Waals surface area contributed by atoms with Crippen molar-refractivity contribution < 1.29 is 104 Å². The zero-order valence-electron chi connectivity index (χ0n) is 50.1. The van der Waals surface area contributed by atoms with Crippen LogP contribution in [0.2, 0.25) is 0 Å². The third-order valence-corrected chi connectivity index (χ3v) is 16.2. The Morgan fingerprint density at radius 1 is 0.614 bits per heavy atom. The molecule has 0 spiro atoms. The third-order valence-electron chi connectivity index (χ3n) is 16.2. The summed E-state index contributed by atoms with van der Waals surface area (Å²) in [6, 6.07) is -2.53. The first kappa shape index (κ1) is 74.7. The number of hydrogen-bond acceptors (Lipinski definition) is 20. The topological polar surface area (TPSA) is 373 Å². The molecule has 18 unspecified atom stereocenters. The highest BCUT2D eigenvalue weighted by molar-refractivity contribution is 5.77. The predicted molar refractivity (Wildman–Crippen MR) is 306 cm³/mol. The van der Waals surface area contributed by atoms with E-state index in [1.165, 1.54) is 96.3 Å². The van der Waals surface area contributed by atoms with Crippen LogP contribution >= 0.6 is 0 Å². The van der Waals surface area contributed by atoms with Crippen LogP contribution in [0.4, 0.5) is 0 Å². The van der Waals surface area contributed by atoms with Crippen molar-refractivity contribution in [1.29, 1.82) is 0 Å². The van der Waals surface area contributed by atoms with E-state index in [4.69, 9.17) is 28.4 Å². The predicted octanol–water partition coefficient (Wildman–Crippen LogP) is 3.56. The molecular weight excluding hydrogens is 1080 g/mol. The van der Waals surface area contributed by atoms with E-state index in [1.54, 1.807) is 0 Å². The highest BCUT2D eigenvalue weighted by atomic mass is 16.8. The second kappa shape index (κ2) is 42.4. The lowest BCUT2D eigenvalue weighted by Gasteiger charge is -2.50. The van der Waals surface area contributed by atoms with Gasteiger partial charge in [-0.25, -0.2) is 4.79 Å². The van der Waals surface area contributed by atoms with E-state index in [0.29, 0.717) is 19.3 Å². The Morgan fingerprint density at radius 3 is 1.65 bits per heavy atom. The van der Waals surface area contributed by atoms with Gasteiger partial charge in [-0.05, 0) is 38.5 Å². The molecule has 14 N–H and O–H groups in total. The molecule has 0 aromatic rings. The van der Waals surface area contributed by atoms with E-state index in [1.807, 2.05) is 0 Å². The van der Waals surface area contributed by atoms with Crippen LogP contribution < -0.4 is 10.6 Å². The van der Waals surface area contributed by atoms with E-state index in [0.717, 1.165) is 71.1 Å². The van der Waals surface area contributed by atoms with Crippen LogP contribution in [-0.2, 0) is 42.8 Å². The molecular formula is C60H110N2O21. The van der Waals surface area contributed by atoms with Gasteiger partial charge in [-0.15, -0.1) is 0 Å². The number of hydrogen-bond donors (Lipinski definition) is 14. The number of rotatable bonds is 46. The molecule has 0 bridgehead atoms. The minimum absolute atomic E-state index is 0.214. The van der Waals surface area contributed by atoms with Crippen LogP contribution in [0, 0.1) is 0 Å². The van der Waals surface area contributed by atoms with Crippen molar-refractivity contribution in [2.45, 2.75) is 323 Å². The monoisotopic (exact) mass is 1190 g/mol. The summed E-state index contributed by atoms with van der Waals surface area (Å²) in [4.78, 5) is 38.4. The Bertz CT molecular complexity index is 1750. The average molecular weight is 1200 g/mol. The molecule has 3 aliphatic rings. The van der Waals surface area contributed by atoms with E-state index < -0.39 is 148 Å². The Kier molecular flexibility index (Phi) is 38.1. The highest BCUT2D eigenvalue weighted by Crippen LogP contribution is 2.38. The molecule has 83 heavy (non-hydrogen) atoms. The summed E-state index contributed by atoms with van der Waals surface area (Å²) in [6.07, 6.45) is 6.63. The Hall–Kier alpha value is -2.53. The maximum Gasteiger partial charge on any atom is 0.364 e. The van der Waals surface area contributed by atoms with Crippen molar-refractivity contribution in [3.05, 3.63) is 12.2 Å². The maximum atomic E-state index is 13.4. The van der Waals surface area contributed by atoms with Gasteiger partial charge in [-0.2, -0.15) is 0 Å². The summed E-state index contributed by atoms with van der Waals surface area (Å²) in [7, 11) is 0. The number of aliphatic hydroxyl groups excluding tert-OH is 11. The molecule has 3 heterocycles. The molecule has 0 aromatic heterocycles. The van der Waals surface area contributed by atoms with Crippen LogP contribution in [0.3, 0.4) is 0 Å². The molecule has 23 nitrogen and oxygen atoms in total. The zero-order chi connectivity index (χ0) is 61.2. The van der Waals surface area contributed by atoms with Gasteiger partial charge in [0.15, 0.2) is 12.6 Å². The summed E-state index contributed by atoms with van der Waals surface area (Å²) < 4.78 is 34.7. The van der Waals surface area contributed by atoms with Gasteiger partial charge in [0.25, 0.3) is 5.79 Å². The first-order valence-corrected chi connectivity index (χ1v) is 31.5. The first-order valence-electron chi connectivity index (χ1n) is 31.5. The summed E-state index contributed by atoms with van der Waals surface area (Å²) in [6.45, 7) is 2.14. The van der Waals surface area contributed by atoms with Gasteiger partial charge in [0, 0.05) is 19.8 Å². The number of carboxylic acids is 1. The number of nitrogens with one attached hydrogen (secondary N) is 2. The van der Waals surface area contributed by atoms with Gasteiger partial charge in [0.05, 0.1) is 50.7 Å². The molecule has 3 saturated heterocycles. The number of allylic oxidation sites excluding steroid dienone is 2. The molecule has 0 saturated carbocycles. The van der Waals surface area contributed by atoms with Gasteiger partial charge in [-0.1, -0.05) is 167 Å². The van der Waals surface area contributed by atoms with Gasteiger partial charge in [-0.3, -0.25) is 9.59 Å². The highest BCUT2D eigenvalue weighted by Gasteiger charge is 2.60. The van der Waals surface area contributed by atoms with Crippen molar-refractivity contribution in [3.8, 4) is 0 Å². The van der Waals surface area contributed by atoms with Crippen LogP contribution in [-0.4, -0.2) is 215 Å². The van der Waals surface area contributed by atoms with Crippen LogP contribution in [0.1, 0.15) is 213 Å². The van der Waals surface area contributed by atoms with Crippen LogP contribution in [0.25, 0.3) is 0 Å². The lowest BCUT2D eigenvalue weighted by atomic mass is 9.88. The normalized spacial score (nSPS) is 30.0. The second-order valence-electron chi connectivity index (χ2n) is 23.3. The standard InChI is InChI=1S/C60H110N2O21/c1-4-6-8-10-12-14-16-18-19-20-21-22-23-25-27-29-31-33-42(67)41(62-47(70)34-32-30-28-26-24-17-15-13-11-9-7-5-2)39-78-57-52(74)51(73)54(46(38-65)80-57)81-58-53(75)56(50(72)45(37-64)79-58)83-60(59(76)77)35-43(68)48(61-40(3)66)55(82-60)49(71)44(69)36-63/h13,15,41-46,48-58,63-65,67-69,71-75H,4-12,14,16-39H2,1-3H3,(H,61,66)(H,62,70)(H,76,77)/b15-13-. The number of unbranched alkanes of at least 4 members (excludes halogenated alkanes) is 24. The molecule has 3 fully saturated rings. The molecule has 23 heteroatoms. The number of ether oxygens (including phenoxy) is 6.